The van der Waals surface area contributed by atoms with E-state index in [1.807, 2.05) is 0 Å². The quantitative estimate of drug-likeness (QED) is 0.681. The molecule has 0 spiro atoms. The molecule has 0 saturated heterocycles. The average Bonchev–Trinajstić information content (AvgIpc) is 2.95. The first-order chi connectivity index (χ1) is 12.7. The van der Waals surface area contributed by atoms with Crippen molar-refractivity contribution >= 4 is 17.4 Å². The van der Waals surface area contributed by atoms with E-state index in [4.69, 9.17) is 5.73 Å². The van der Waals surface area contributed by atoms with Gasteiger partial charge in [0.1, 0.15) is 17.2 Å². The first kappa shape index (κ1) is 18.4. The van der Waals surface area contributed by atoms with Crippen molar-refractivity contribution in [3.05, 3.63) is 53.8 Å². The highest BCUT2D eigenvalue weighted by Crippen LogP contribution is 2.32. The average molecular weight is 379 g/mol. The standard InChI is InChI=1S/C17H13F4N5O/c1-9(27)23-12-5-2-10(3-6-12)15-16(22)26(25-24-15)14-7-4-11(8-13(14)18)17(19,20)21/h2-8H,22H2,1H3,(H,23,27). The van der Waals surface area contributed by atoms with Gasteiger partial charge in [-0.15, -0.1) is 5.10 Å². The van der Waals surface area contributed by atoms with Gasteiger partial charge in [0.15, 0.2) is 5.82 Å². The van der Waals surface area contributed by atoms with Gasteiger partial charge in [0, 0.05) is 18.2 Å². The third kappa shape index (κ3) is 3.73. The molecule has 10 heteroatoms. The number of anilines is 2. The molecule has 6 nitrogen and oxygen atoms in total. The van der Waals surface area contributed by atoms with E-state index < -0.39 is 17.6 Å². The molecule has 3 rings (SSSR count). The molecule has 3 aromatic rings. The van der Waals surface area contributed by atoms with E-state index in [0.29, 0.717) is 17.3 Å². The number of halogens is 4. The smallest absolute Gasteiger partial charge is 0.382 e. The van der Waals surface area contributed by atoms with Gasteiger partial charge >= 0.3 is 6.18 Å². The van der Waals surface area contributed by atoms with Crippen LogP contribution in [0.1, 0.15) is 12.5 Å². The Bertz CT molecular complexity index is 996. The van der Waals surface area contributed by atoms with Crippen LogP contribution in [0.3, 0.4) is 0 Å². The Morgan fingerprint density at radius 1 is 1.15 bits per heavy atom. The van der Waals surface area contributed by atoms with E-state index in [1.165, 1.54) is 6.92 Å². The molecule has 2 aromatic carbocycles. The zero-order valence-corrected chi connectivity index (χ0v) is 13.9. The summed E-state index contributed by atoms with van der Waals surface area (Å²) in [6, 6.07) is 8.53. The molecule has 140 valence electrons. The zero-order valence-electron chi connectivity index (χ0n) is 13.9. The minimum atomic E-state index is -4.66. The number of carbonyl (C=O) groups excluding carboxylic acids is 1. The maximum atomic E-state index is 14.1. The predicted molar refractivity (Wildman–Crippen MR) is 90.5 cm³/mol. The molecule has 0 bridgehead atoms. The SMILES string of the molecule is CC(=O)Nc1ccc(-c2nnn(-c3ccc(C(F)(F)F)cc3F)c2N)cc1. The van der Waals surface area contributed by atoms with Crippen LogP contribution >= 0.6 is 0 Å². The summed E-state index contributed by atoms with van der Waals surface area (Å²) in [6.07, 6.45) is -4.66. The maximum Gasteiger partial charge on any atom is 0.416 e. The molecular weight excluding hydrogens is 366 g/mol. The van der Waals surface area contributed by atoms with E-state index in [2.05, 4.69) is 15.6 Å². The predicted octanol–water partition coefficient (Wildman–Crippen LogP) is 3.63. The molecule has 0 radical (unpaired) electrons. The number of hydrogen-bond acceptors (Lipinski definition) is 4. The molecule has 27 heavy (non-hydrogen) atoms. The molecule has 0 unspecified atom stereocenters. The van der Waals surface area contributed by atoms with Crippen molar-refractivity contribution < 1.29 is 22.4 Å². The van der Waals surface area contributed by atoms with Crippen LogP contribution in [-0.4, -0.2) is 20.9 Å². The highest BCUT2D eigenvalue weighted by Gasteiger charge is 2.31. The van der Waals surface area contributed by atoms with E-state index in [1.54, 1.807) is 24.3 Å². The fourth-order valence-electron chi connectivity index (χ4n) is 2.44. The number of hydrogen-bond donors (Lipinski definition) is 2. The van der Waals surface area contributed by atoms with Crippen molar-refractivity contribution in [2.75, 3.05) is 11.1 Å². The first-order valence-corrected chi connectivity index (χ1v) is 7.63. The number of rotatable bonds is 3. The summed E-state index contributed by atoms with van der Waals surface area (Å²) in [4.78, 5) is 11.0. The van der Waals surface area contributed by atoms with Gasteiger partial charge in [0.05, 0.1) is 5.56 Å². The summed E-state index contributed by atoms with van der Waals surface area (Å²) in [6.45, 7) is 1.37. The fraction of sp³-hybridized carbons (Fsp3) is 0.118. The van der Waals surface area contributed by atoms with Gasteiger partial charge in [-0.05, 0) is 30.3 Å². The van der Waals surface area contributed by atoms with Gasteiger partial charge in [-0.3, -0.25) is 4.79 Å². The maximum absolute atomic E-state index is 14.1. The van der Waals surface area contributed by atoms with Crippen LogP contribution in [0.25, 0.3) is 16.9 Å². The van der Waals surface area contributed by atoms with Crippen LogP contribution in [-0.2, 0) is 11.0 Å². The number of amides is 1. The first-order valence-electron chi connectivity index (χ1n) is 7.63. The third-order valence-electron chi connectivity index (χ3n) is 3.69. The van der Waals surface area contributed by atoms with Gasteiger partial charge in [0.2, 0.25) is 5.91 Å². The van der Waals surface area contributed by atoms with Gasteiger partial charge < -0.3 is 11.1 Å². The van der Waals surface area contributed by atoms with Crippen molar-refractivity contribution in [3.63, 3.8) is 0 Å². The van der Waals surface area contributed by atoms with Gasteiger partial charge in [-0.25, -0.2) is 4.39 Å². The van der Waals surface area contributed by atoms with Crippen molar-refractivity contribution in [3.8, 4) is 16.9 Å². The van der Waals surface area contributed by atoms with E-state index >= 15 is 0 Å². The van der Waals surface area contributed by atoms with Crippen LogP contribution in [0.15, 0.2) is 42.5 Å². The van der Waals surface area contributed by atoms with E-state index in [9.17, 15) is 22.4 Å². The summed E-state index contributed by atoms with van der Waals surface area (Å²) in [5.41, 5.74) is 5.92. The number of nitrogen functional groups attached to an aromatic ring is 1. The summed E-state index contributed by atoms with van der Waals surface area (Å²) in [5, 5.41) is 10.2. The lowest BCUT2D eigenvalue weighted by molar-refractivity contribution is -0.137. The van der Waals surface area contributed by atoms with Gasteiger partial charge in [0.25, 0.3) is 0 Å². The lowest BCUT2D eigenvalue weighted by atomic mass is 10.1. The molecule has 0 fully saturated rings. The Kier molecular flexibility index (Phi) is 4.56. The topological polar surface area (TPSA) is 85.8 Å². The van der Waals surface area contributed by atoms with Crippen molar-refractivity contribution in [1.29, 1.82) is 0 Å². The zero-order chi connectivity index (χ0) is 19.8. The van der Waals surface area contributed by atoms with Crippen molar-refractivity contribution in [2.45, 2.75) is 13.1 Å². The molecule has 0 aliphatic rings. The third-order valence-corrected chi connectivity index (χ3v) is 3.69. The number of nitrogens with zero attached hydrogens (tertiary/aromatic N) is 3. The second-order valence-electron chi connectivity index (χ2n) is 5.66. The lowest BCUT2D eigenvalue weighted by Crippen LogP contribution is -2.09. The van der Waals surface area contributed by atoms with Gasteiger partial charge in [-0.1, -0.05) is 17.3 Å². The van der Waals surface area contributed by atoms with Crippen LogP contribution in [0.4, 0.5) is 29.1 Å². The Balaban J connectivity index is 1.95. The van der Waals surface area contributed by atoms with Crippen LogP contribution in [0, 0.1) is 5.82 Å². The largest absolute Gasteiger partial charge is 0.416 e. The molecular formula is C17H13F4N5O. The van der Waals surface area contributed by atoms with Crippen molar-refractivity contribution in [2.24, 2.45) is 0 Å². The summed E-state index contributed by atoms with van der Waals surface area (Å²) < 4.78 is 53.1. The molecule has 1 aromatic heterocycles. The summed E-state index contributed by atoms with van der Waals surface area (Å²) in [7, 11) is 0. The Morgan fingerprint density at radius 2 is 1.81 bits per heavy atom. The number of nitrogens with one attached hydrogen (secondary N) is 1. The highest BCUT2D eigenvalue weighted by molar-refractivity contribution is 5.89. The summed E-state index contributed by atoms with van der Waals surface area (Å²) in [5.74, 6) is -1.40. The molecule has 1 heterocycles. The number of benzene rings is 2. The van der Waals surface area contributed by atoms with Crippen LogP contribution in [0.2, 0.25) is 0 Å². The van der Waals surface area contributed by atoms with E-state index in [0.717, 1.165) is 16.8 Å². The normalized spacial score (nSPS) is 11.4. The van der Waals surface area contributed by atoms with E-state index in [-0.39, 0.29) is 23.1 Å². The number of nitrogens with two attached hydrogens (primary N) is 1. The van der Waals surface area contributed by atoms with Crippen LogP contribution < -0.4 is 11.1 Å². The second-order valence-corrected chi connectivity index (χ2v) is 5.66. The monoisotopic (exact) mass is 379 g/mol. The molecule has 1 amide bonds. The minimum absolute atomic E-state index is 0.0408. The lowest BCUT2D eigenvalue weighted by Gasteiger charge is -2.09. The minimum Gasteiger partial charge on any atom is -0.382 e. The Morgan fingerprint density at radius 3 is 2.37 bits per heavy atom. The molecule has 0 aliphatic carbocycles. The second kappa shape index (κ2) is 6.71. The van der Waals surface area contributed by atoms with Gasteiger partial charge in [-0.2, -0.15) is 17.9 Å². The highest BCUT2D eigenvalue weighted by atomic mass is 19.4. The number of aromatic nitrogens is 3. The number of carbonyl (C=O) groups is 1. The Hall–Kier alpha value is -3.43. The number of alkyl halides is 3. The Labute approximate surface area is 150 Å². The van der Waals surface area contributed by atoms with Crippen LogP contribution in [0.5, 0.6) is 0 Å². The molecule has 0 saturated carbocycles. The molecule has 0 aliphatic heterocycles. The van der Waals surface area contributed by atoms with Crippen molar-refractivity contribution in [1.82, 2.24) is 15.0 Å². The molecule has 3 N–H and O–H groups in total. The fourth-order valence-corrected chi connectivity index (χ4v) is 2.44. The summed E-state index contributed by atoms with van der Waals surface area (Å²) >= 11 is 0. The molecule has 0 atom stereocenters.